The van der Waals surface area contributed by atoms with Gasteiger partial charge < -0.3 is 14.6 Å². The molecule has 1 heterocycles. The molecular weight excluding hydrogens is 284 g/mol. The maximum atomic E-state index is 12.0. The molecule has 6 atom stereocenters. The van der Waals surface area contributed by atoms with Crippen LogP contribution in [-0.4, -0.2) is 34.9 Å². The van der Waals surface area contributed by atoms with E-state index < -0.39 is 17.1 Å². The summed E-state index contributed by atoms with van der Waals surface area (Å²) < 4.78 is 11.0. The molecule has 1 aliphatic heterocycles. The zero-order chi connectivity index (χ0) is 16.3. The lowest BCUT2D eigenvalue weighted by molar-refractivity contribution is -0.224. The Labute approximate surface area is 130 Å². The molecule has 5 nitrogen and oxygen atoms in total. The summed E-state index contributed by atoms with van der Waals surface area (Å²) in [5.74, 6) is -0.811. The van der Waals surface area contributed by atoms with E-state index in [4.69, 9.17) is 9.47 Å². The lowest BCUT2D eigenvalue weighted by Gasteiger charge is -2.58. The van der Waals surface area contributed by atoms with Crippen molar-refractivity contribution >= 4 is 11.9 Å². The second-order valence-corrected chi connectivity index (χ2v) is 7.27. The van der Waals surface area contributed by atoms with E-state index in [1.807, 2.05) is 13.8 Å². The van der Waals surface area contributed by atoms with Crippen molar-refractivity contribution in [3.63, 3.8) is 0 Å². The molecule has 0 bridgehead atoms. The van der Waals surface area contributed by atoms with Crippen molar-refractivity contribution in [2.75, 3.05) is 0 Å². The van der Waals surface area contributed by atoms with Gasteiger partial charge in [0.05, 0.1) is 5.92 Å². The monoisotopic (exact) mass is 308 g/mol. The van der Waals surface area contributed by atoms with E-state index in [9.17, 15) is 14.7 Å². The van der Waals surface area contributed by atoms with Gasteiger partial charge in [0.2, 0.25) is 0 Å². The van der Waals surface area contributed by atoms with Crippen LogP contribution in [-0.2, 0) is 19.1 Å². The molecule has 122 valence electrons. The number of rotatable bonds is 1. The highest BCUT2D eigenvalue weighted by molar-refractivity contribution is 5.75. The van der Waals surface area contributed by atoms with Crippen LogP contribution in [0.3, 0.4) is 0 Å². The number of fused-ring (bicyclic) bond motifs is 3. The summed E-state index contributed by atoms with van der Waals surface area (Å²) >= 11 is 0. The van der Waals surface area contributed by atoms with Gasteiger partial charge in [0.25, 0.3) is 0 Å². The van der Waals surface area contributed by atoms with Gasteiger partial charge >= 0.3 is 11.9 Å². The summed E-state index contributed by atoms with van der Waals surface area (Å²) in [6.45, 7) is 9.23. The molecule has 0 unspecified atom stereocenters. The summed E-state index contributed by atoms with van der Waals surface area (Å²) in [7, 11) is 0. The molecule has 5 heteroatoms. The first kappa shape index (κ1) is 15.5. The van der Waals surface area contributed by atoms with Gasteiger partial charge in [-0.15, -0.1) is 0 Å². The smallest absolute Gasteiger partial charge is 0.309 e. The van der Waals surface area contributed by atoms with Gasteiger partial charge in [0, 0.05) is 18.3 Å². The fourth-order valence-corrected chi connectivity index (χ4v) is 4.75. The van der Waals surface area contributed by atoms with Gasteiger partial charge in [-0.1, -0.05) is 20.4 Å². The van der Waals surface area contributed by atoms with Crippen LogP contribution in [0.5, 0.6) is 0 Å². The fourth-order valence-electron chi connectivity index (χ4n) is 4.75. The van der Waals surface area contributed by atoms with Gasteiger partial charge in [-0.2, -0.15) is 0 Å². The van der Waals surface area contributed by atoms with E-state index >= 15 is 0 Å². The first-order valence-electron chi connectivity index (χ1n) is 8.00. The van der Waals surface area contributed by atoms with E-state index in [-0.39, 0.29) is 29.9 Å². The average molecular weight is 308 g/mol. The molecule has 2 aliphatic carbocycles. The van der Waals surface area contributed by atoms with E-state index in [1.165, 1.54) is 6.92 Å². The van der Waals surface area contributed by atoms with Crippen LogP contribution < -0.4 is 0 Å². The highest BCUT2D eigenvalue weighted by Gasteiger charge is 2.68. The molecule has 0 aromatic carbocycles. The molecule has 1 saturated heterocycles. The van der Waals surface area contributed by atoms with Crippen LogP contribution >= 0.6 is 0 Å². The topological polar surface area (TPSA) is 72.8 Å². The number of hydrogen-bond acceptors (Lipinski definition) is 5. The molecule has 3 rings (SSSR count). The molecule has 3 aliphatic rings. The zero-order valence-corrected chi connectivity index (χ0v) is 13.4. The maximum Gasteiger partial charge on any atom is 0.309 e. The Morgan fingerprint density at radius 3 is 2.77 bits per heavy atom. The van der Waals surface area contributed by atoms with Gasteiger partial charge in [-0.05, 0) is 31.3 Å². The third-order valence-corrected chi connectivity index (χ3v) is 6.19. The van der Waals surface area contributed by atoms with Gasteiger partial charge in [-0.25, -0.2) is 0 Å². The van der Waals surface area contributed by atoms with E-state index in [0.29, 0.717) is 24.8 Å². The second-order valence-electron chi connectivity index (χ2n) is 7.27. The summed E-state index contributed by atoms with van der Waals surface area (Å²) in [5, 5.41) is 11.5. The molecule has 0 spiro atoms. The third kappa shape index (κ3) is 1.81. The van der Waals surface area contributed by atoms with Gasteiger partial charge in [0.1, 0.15) is 17.8 Å². The summed E-state index contributed by atoms with van der Waals surface area (Å²) in [4.78, 5) is 23.4. The minimum Gasteiger partial charge on any atom is -0.462 e. The number of hydrogen-bond donors (Lipinski definition) is 1. The number of ether oxygens (including phenoxy) is 2. The molecule has 3 fully saturated rings. The van der Waals surface area contributed by atoms with Crippen molar-refractivity contribution < 1.29 is 24.2 Å². The minimum absolute atomic E-state index is 0.00148. The molecule has 2 saturated carbocycles. The van der Waals surface area contributed by atoms with Crippen LogP contribution in [0.2, 0.25) is 0 Å². The normalized spacial score (nSPS) is 47.5. The lowest BCUT2D eigenvalue weighted by Crippen LogP contribution is -2.67. The standard InChI is InChI=1S/C17H24O5/c1-9-5-6-13(21-11(3)18)16(4)8-7-12-10(2)15(19)22-14(12)17(9,16)20/h10,12-14,20H,1,5-8H2,2-4H3/t10-,12-,13-,14-,16-,17-/m0/s1. The zero-order valence-electron chi connectivity index (χ0n) is 13.4. The summed E-state index contributed by atoms with van der Waals surface area (Å²) in [6.07, 6.45) is 1.72. The van der Waals surface area contributed by atoms with Crippen LogP contribution in [0.15, 0.2) is 12.2 Å². The largest absolute Gasteiger partial charge is 0.462 e. The Morgan fingerprint density at radius 2 is 2.14 bits per heavy atom. The second kappa shape index (κ2) is 4.82. The predicted octanol–water partition coefficient (Wildman–Crippen LogP) is 1.98. The molecule has 0 aromatic rings. The molecule has 0 aromatic heterocycles. The van der Waals surface area contributed by atoms with Crippen LogP contribution in [0, 0.1) is 17.3 Å². The first-order chi connectivity index (χ1) is 10.2. The van der Waals surface area contributed by atoms with Crippen molar-refractivity contribution in [3.8, 4) is 0 Å². The highest BCUT2D eigenvalue weighted by Crippen LogP contribution is 2.60. The van der Waals surface area contributed by atoms with Crippen molar-refractivity contribution in [1.82, 2.24) is 0 Å². The molecule has 22 heavy (non-hydrogen) atoms. The van der Waals surface area contributed by atoms with Crippen molar-refractivity contribution in [1.29, 1.82) is 0 Å². The van der Waals surface area contributed by atoms with Crippen molar-refractivity contribution in [3.05, 3.63) is 12.2 Å². The highest BCUT2D eigenvalue weighted by atomic mass is 16.6. The Morgan fingerprint density at radius 1 is 1.45 bits per heavy atom. The fraction of sp³-hybridized carbons (Fsp3) is 0.765. The number of aliphatic hydroxyl groups is 1. The molecule has 1 N–H and O–H groups in total. The maximum absolute atomic E-state index is 12.0. The van der Waals surface area contributed by atoms with Gasteiger partial charge in [0.15, 0.2) is 0 Å². The van der Waals surface area contributed by atoms with Crippen LogP contribution in [0.4, 0.5) is 0 Å². The van der Waals surface area contributed by atoms with E-state index in [0.717, 1.165) is 6.42 Å². The number of esters is 2. The minimum atomic E-state index is -1.32. The first-order valence-corrected chi connectivity index (χ1v) is 8.00. The summed E-state index contributed by atoms with van der Waals surface area (Å²) in [5.41, 5.74) is -1.30. The Kier molecular flexibility index (Phi) is 3.40. The Hall–Kier alpha value is -1.36. The molecular formula is C17H24O5. The van der Waals surface area contributed by atoms with Gasteiger partial charge in [-0.3, -0.25) is 9.59 Å². The molecule has 0 radical (unpaired) electrons. The van der Waals surface area contributed by atoms with E-state index in [2.05, 4.69) is 6.58 Å². The summed E-state index contributed by atoms with van der Waals surface area (Å²) in [6, 6.07) is 0. The molecule has 0 amide bonds. The Balaban J connectivity index is 2.03. The SMILES string of the molecule is C=C1CC[C@H](OC(C)=O)[C@]2(C)CC[C@H]3[C@H](C)C(=O)O[C@@H]3[C@@]12O. The lowest BCUT2D eigenvalue weighted by atomic mass is 9.51. The average Bonchev–Trinajstić information content (AvgIpc) is 2.73. The number of carbonyl (C=O) groups is 2. The van der Waals surface area contributed by atoms with Crippen molar-refractivity contribution in [2.45, 2.75) is 64.3 Å². The van der Waals surface area contributed by atoms with Crippen LogP contribution in [0.1, 0.15) is 46.5 Å². The third-order valence-electron chi connectivity index (χ3n) is 6.19. The Bertz CT molecular complexity index is 541. The van der Waals surface area contributed by atoms with Crippen molar-refractivity contribution in [2.24, 2.45) is 17.3 Å². The van der Waals surface area contributed by atoms with Crippen LogP contribution in [0.25, 0.3) is 0 Å². The number of carbonyl (C=O) groups excluding carboxylic acids is 2. The quantitative estimate of drug-likeness (QED) is 0.592. The predicted molar refractivity (Wildman–Crippen MR) is 78.8 cm³/mol. The van der Waals surface area contributed by atoms with E-state index in [1.54, 1.807) is 0 Å².